The lowest BCUT2D eigenvalue weighted by atomic mass is 9.76. The van der Waals surface area contributed by atoms with Gasteiger partial charge >= 0.3 is 0 Å². The number of halogens is 1. The monoisotopic (exact) mass is 435 g/mol. The second kappa shape index (κ2) is 7.34. The van der Waals surface area contributed by atoms with Crippen molar-refractivity contribution in [1.82, 2.24) is 9.97 Å². The molecule has 4 atom stereocenters. The van der Waals surface area contributed by atoms with E-state index in [0.717, 1.165) is 12.8 Å². The summed E-state index contributed by atoms with van der Waals surface area (Å²) in [5.41, 5.74) is -0.632. The number of hydrogen-bond donors (Lipinski definition) is 2. The van der Waals surface area contributed by atoms with E-state index < -0.39 is 26.6 Å². The topological polar surface area (TPSA) is 109 Å². The highest BCUT2D eigenvalue weighted by atomic mass is 35.5. The second-order valence-electron chi connectivity index (χ2n) is 8.03. The quantitative estimate of drug-likeness (QED) is 0.763. The van der Waals surface area contributed by atoms with Crippen LogP contribution in [0.25, 0.3) is 0 Å². The Balaban J connectivity index is 1.61. The molecule has 29 heavy (non-hydrogen) atoms. The standard InChI is InChI=1S/C20H22ClN3O4S/c1-20(26)13-3-4-14(20)10-15(9-13)29(27,28)17-8-12(2-5-16(17)21)19(25)24-18-6-7-22-11-23-18/h2,5-8,11,13-15,26H,3-4,9-10H2,1H3,(H,22,23,24,25)/t13-,14?,15?,20?/m0/s1. The van der Waals surface area contributed by atoms with Crippen molar-refractivity contribution in [2.45, 2.75) is 48.4 Å². The number of nitrogens with zero attached hydrogens (tertiary/aromatic N) is 2. The van der Waals surface area contributed by atoms with E-state index >= 15 is 0 Å². The van der Waals surface area contributed by atoms with Gasteiger partial charge in [-0.2, -0.15) is 0 Å². The van der Waals surface area contributed by atoms with Gasteiger partial charge in [-0.1, -0.05) is 11.6 Å². The number of hydrogen-bond acceptors (Lipinski definition) is 6. The van der Waals surface area contributed by atoms with Crippen molar-refractivity contribution in [3.05, 3.63) is 47.4 Å². The van der Waals surface area contributed by atoms with Crippen molar-refractivity contribution < 1.29 is 18.3 Å². The van der Waals surface area contributed by atoms with Crippen LogP contribution < -0.4 is 5.32 Å². The minimum Gasteiger partial charge on any atom is -0.390 e. The summed E-state index contributed by atoms with van der Waals surface area (Å²) >= 11 is 6.23. The Morgan fingerprint density at radius 1 is 1.24 bits per heavy atom. The summed E-state index contributed by atoms with van der Waals surface area (Å²) in [6.07, 6.45) is 5.27. The van der Waals surface area contributed by atoms with E-state index in [2.05, 4.69) is 15.3 Å². The lowest BCUT2D eigenvalue weighted by molar-refractivity contribution is -0.0413. The van der Waals surface area contributed by atoms with Crippen LogP contribution in [0.5, 0.6) is 0 Å². The van der Waals surface area contributed by atoms with Gasteiger partial charge in [0.25, 0.3) is 5.91 Å². The van der Waals surface area contributed by atoms with Crippen molar-refractivity contribution in [2.75, 3.05) is 5.32 Å². The van der Waals surface area contributed by atoms with Crippen molar-refractivity contribution >= 4 is 33.2 Å². The lowest BCUT2D eigenvalue weighted by Crippen LogP contribution is -2.45. The number of benzene rings is 1. The van der Waals surface area contributed by atoms with Gasteiger partial charge in [-0.25, -0.2) is 18.4 Å². The predicted octanol–water partition coefficient (Wildman–Crippen LogP) is 3.10. The highest BCUT2D eigenvalue weighted by molar-refractivity contribution is 7.92. The number of rotatable bonds is 4. The first-order valence-corrected chi connectivity index (χ1v) is 11.4. The summed E-state index contributed by atoms with van der Waals surface area (Å²) in [7, 11) is -3.75. The van der Waals surface area contributed by atoms with Crippen LogP contribution in [-0.4, -0.2) is 40.3 Å². The highest BCUT2D eigenvalue weighted by Gasteiger charge is 2.53. The molecule has 2 aliphatic carbocycles. The fraction of sp³-hybridized carbons (Fsp3) is 0.450. The molecule has 154 valence electrons. The van der Waals surface area contributed by atoms with E-state index in [0.29, 0.717) is 18.7 Å². The highest BCUT2D eigenvalue weighted by Crippen LogP contribution is 2.51. The molecule has 1 amide bonds. The Morgan fingerprint density at radius 2 is 1.93 bits per heavy atom. The molecule has 1 heterocycles. The van der Waals surface area contributed by atoms with E-state index in [1.165, 1.54) is 36.8 Å². The average Bonchev–Trinajstić information content (AvgIpc) is 2.86. The van der Waals surface area contributed by atoms with Crippen LogP contribution in [0.15, 0.2) is 41.7 Å². The van der Waals surface area contributed by atoms with Crippen molar-refractivity contribution in [3.8, 4) is 0 Å². The van der Waals surface area contributed by atoms with E-state index in [4.69, 9.17) is 11.6 Å². The van der Waals surface area contributed by atoms with Crippen LogP contribution >= 0.6 is 11.6 Å². The molecule has 2 N–H and O–H groups in total. The number of aromatic nitrogens is 2. The third-order valence-corrected chi connectivity index (χ3v) is 9.03. The van der Waals surface area contributed by atoms with Crippen molar-refractivity contribution in [2.24, 2.45) is 11.8 Å². The minimum atomic E-state index is -3.75. The first kappa shape index (κ1) is 20.3. The summed E-state index contributed by atoms with van der Waals surface area (Å²) in [6, 6.07) is 5.77. The maximum Gasteiger partial charge on any atom is 0.256 e. The van der Waals surface area contributed by atoms with E-state index in [1.807, 2.05) is 6.92 Å². The molecule has 2 aliphatic rings. The molecule has 3 unspecified atom stereocenters. The molecule has 0 saturated heterocycles. The number of fused-ring (bicyclic) bond motifs is 2. The summed E-state index contributed by atoms with van der Waals surface area (Å²) in [5, 5.41) is 12.7. The molecule has 0 aliphatic heterocycles. The molecular formula is C20H22ClN3O4S. The first-order chi connectivity index (χ1) is 13.7. The van der Waals surface area contributed by atoms with Gasteiger partial charge in [0, 0.05) is 11.8 Å². The van der Waals surface area contributed by atoms with Crippen LogP contribution in [0.1, 0.15) is 43.0 Å². The summed E-state index contributed by atoms with van der Waals surface area (Å²) < 4.78 is 26.7. The molecular weight excluding hydrogens is 414 g/mol. The van der Waals surface area contributed by atoms with Gasteiger partial charge in [0.1, 0.15) is 12.1 Å². The third-order valence-electron chi connectivity index (χ3n) is 6.37. The fourth-order valence-corrected chi connectivity index (χ4v) is 7.01. The third kappa shape index (κ3) is 3.65. The Labute approximate surface area is 174 Å². The van der Waals surface area contributed by atoms with Crippen LogP contribution in [0, 0.1) is 11.8 Å². The molecule has 9 heteroatoms. The van der Waals surface area contributed by atoms with Gasteiger partial charge < -0.3 is 10.4 Å². The average molecular weight is 436 g/mol. The lowest BCUT2D eigenvalue weighted by Gasteiger charge is -2.40. The molecule has 1 aromatic heterocycles. The molecule has 2 bridgehead atoms. The minimum absolute atomic E-state index is 0.0379. The van der Waals surface area contributed by atoms with Gasteiger partial charge in [0.05, 0.1) is 20.8 Å². The number of carbonyl (C=O) groups is 1. The van der Waals surface area contributed by atoms with Crippen LogP contribution in [-0.2, 0) is 9.84 Å². The van der Waals surface area contributed by atoms with Crippen LogP contribution in [0.4, 0.5) is 5.82 Å². The smallest absolute Gasteiger partial charge is 0.256 e. The van der Waals surface area contributed by atoms with Gasteiger partial charge in [0.15, 0.2) is 9.84 Å². The molecule has 0 spiro atoms. The van der Waals surface area contributed by atoms with Gasteiger partial charge in [0.2, 0.25) is 0 Å². The Kier molecular flexibility index (Phi) is 5.13. The molecule has 0 radical (unpaired) electrons. The number of anilines is 1. The molecule has 2 fully saturated rings. The Morgan fingerprint density at radius 3 is 2.55 bits per heavy atom. The second-order valence-corrected chi connectivity index (χ2v) is 10.6. The van der Waals surface area contributed by atoms with Crippen molar-refractivity contribution in [3.63, 3.8) is 0 Å². The molecule has 2 saturated carbocycles. The number of aliphatic hydroxyl groups is 1. The van der Waals surface area contributed by atoms with Gasteiger partial charge in [-0.3, -0.25) is 4.79 Å². The summed E-state index contributed by atoms with van der Waals surface area (Å²) in [5.74, 6) is -0.244. The summed E-state index contributed by atoms with van der Waals surface area (Å²) in [6.45, 7) is 1.81. The van der Waals surface area contributed by atoms with Gasteiger partial charge in [-0.15, -0.1) is 0 Å². The zero-order chi connectivity index (χ0) is 20.8. The fourth-order valence-electron chi connectivity index (χ4n) is 4.61. The number of carbonyl (C=O) groups excluding carboxylic acids is 1. The largest absolute Gasteiger partial charge is 0.390 e. The van der Waals surface area contributed by atoms with Gasteiger partial charge in [-0.05, 0) is 68.7 Å². The van der Waals surface area contributed by atoms with Crippen LogP contribution in [0.3, 0.4) is 0 Å². The molecule has 2 aromatic rings. The number of nitrogens with one attached hydrogen (secondary N) is 1. The maximum absolute atomic E-state index is 13.4. The summed E-state index contributed by atoms with van der Waals surface area (Å²) in [4.78, 5) is 20.2. The van der Waals surface area contributed by atoms with Crippen LogP contribution in [0.2, 0.25) is 5.02 Å². The molecule has 1 aromatic carbocycles. The first-order valence-electron chi connectivity index (χ1n) is 9.52. The number of amides is 1. The van der Waals surface area contributed by atoms with Crippen molar-refractivity contribution in [1.29, 1.82) is 0 Å². The normalized spacial score (nSPS) is 28.9. The zero-order valence-electron chi connectivity index (χ0n) is 15.9. The number of sulfone groups is 1. The predicted molar refractivity (Wildman–Crippen MR) is 108 cm³/mol. The molecule has 4 rings (SSSR count). The van der Waals surface area contributed by atoms with E-state index in [1.54, 1.807) is 0 Å². The Bertz CT molecular complexity index is 1030. The maximum atomic E-state index is 13.4. The zero-order valence-corrected chi connectivity index (χ0v) is 17.4. The van der Waals surface area contributed by atoms with E-state index in [9.17, 15) is 18.3 Å². The molecule has 7 nitrogen and oxygen atoms in total. The SMILES string of the molecule is CC1(O)C2CC[C@H]1CC(S(=O)(=O)c1cc(C(=O)Nc3ccncn3)ccc1Cl)C2. The van der Waals surface area contributed by atoms with E-state index in [-0.39, 0.29) is 27.3 Å². The Hall–Kier alpha value is -2.03.